The molecule has 4 rings (SSSR count). The molecule has 2 amide bonds. The maximum Gasteiger partial charge on any atom is 0.265 e. The van der Waals surface area contributed by atoms with Crippen LogP contribution in [0.1, 0.15) is 36.1 Å². The number of hydrogen-bond donors (Lipinski definition) is 2. The first kappa shape index (κ1) is 18.5. The highest BCUT2D eigenvalue weighted by Gasteiger charge is 2.24. The maximum absolute atomic E-state index is 12.8. The molecule has 0 spiro atoms. The number of fused-ring (bicyclic) bond motifs is 2. The van der Waals surface area contributed by atoms with Gasteiger partial charge in [-0.05, 0) is 44.0 Å². The second kappa shape index (κ2) is 6.94. The van der Waals surface area contributed by atoms with E-state index in [0.717, 1.165) is 22.5 Å². The van der Waals surface area contributed by atoms with Gasteiger partial charge in [0.25, 0.3) is 11.8 Å². The van der Waals surface area contributed by atoms with Crippen molar-refractivity contribution in [1.82, 2.24) is 9.78 Å². The molecular formula is C20H22N4O3S. The van der Waals surface area contributed by atoms with E-state index >= 15 is 0 Å². The van der Waals surface area contributed by atoms with Crippen LogP contribution < -0.4 is 15.4 Å². The number of carbonyl (C=O) groups is 2. The summed E-state index contributed by atoms with van der Waals surface area (Å²) in [6, 6.07) is 7.10. The van der Waals surface area contributed by atoms with Crippen LogP contribution in [0, 0.1) is 12.8 Å². The second-order valence-electron chi connectivity index (χ2n) is 7.41. The average Bonchev–Trinajstić information content (AvgIpc) is 3.18. The van der Waals surface area contributed by atoms with Crippen molar-refractivity contribution in [2.45, 2.75) is 40.3 Å². The van der Waals surface area contributed by atoms with Gasteiger partial charge in [0, 0.05) is 17.6 Å². The third kappa shape index (κ3) is 3.35. The minimum atomic E-state index is -0.528. The quantitative estimate of drug-likeness (QED) is 0.695. The lowest BCUT2D eigenvalue weighted by Crippen LogP contribution is -2.34. The van der Waals surface area contributed by atoms with Gasteiger partial charge in [-0.1, -0.05) is 13.8 Å². The van der Waals surface area contributed by atoms with Crippen molar-refractivity contribution >= 4 is 44.7 Å². The van der Waals surface area contributed by atoms with Crippen molar-refractivity contribution < 1.29 is 14.3 Å². The van der Waals surface area contributed by atoms with Crippen molar-refractivity contribution in [3.05, 3.63) is 34.8 Å². The summed E-state index contributed by atoms with van der Waals surface area (Å²) in [5.41, 5.74) is 2.08. The fourth-order valence-corrected chi connectivity index (χ4v) is 4.24. The lowest BCUT2D eigenvalue weighted by molar-refractivity contribution is -0.122. The zero-order valence-corrected chi connectivity index (χ0v) is 17.0. The minimum absolute atomic E-state index is 0.187. The Hall–Kier alpha value is -2.87. The number of nitrogens with one attached hydrogen (secondary N) is 2. The Bertz CT molecular complexity index is 1080. The Morgan fingerprint density at radius 2 is 2.18 bits per heavy atom. The number of hydrogen-bond acceptors (Lipinski definition) is 5. The van der Waals surface area contributed by atoms with E-state index in [1.54, 1.807) is 25.1 Å². The van der Waals surface area contributed by atoms with Gasteiger partial charge in [0.15, 0.2) is 6.10 Å². The van der Waals surface area contributed by atoms with Crippen LogP contribution in [0.3, 0.4) is 0 Å². The lowest BCUT2D eigenvalue weighted by Gasteiger charge is -2.23. The third-order valence-corrected chi connectivity index (χ3v) is 5.68. The number of aryl methyl sites for hydroxylation is 1. The largest absolute Gasteiger partial charge is 0.479 e. The van der Waals surface area contributed by atoms with Gasteiger partial charge >= 0.3 is 0 Å². The van der Waals surface area contributed by atoms with Crippen molar-refractivity contribution in [2.24, 2.45) is 5.92 Å². The predicted octanol–water partition coefficient (Wildman–Crippen LogP) is 4.03. The molecule has 3 heterocycles. The summed E-state index contributed by atoms with van der Waals surface area (Å²) in [4.78, 5) is 26.2. The number of anilines is 2. The van der Waals surface area contributed by atoms with E-state index in [1.807, 2.05) is 17.7 Å². The van der Waals surface area contributed by atoms with E-state index in [4.69, 9.17) is 4.74 Å². The van der Waals surface area contributed by atoms with Crippen LogP contribution >= 0.6 is 11.3 Å². The maximum atomic E-state index is 12.8. The van der Waals surface area contributed by atoms with E-state index in [2.05, 4.69) is 29.6 Å². The van der Waals surface area contributed by atoms with Crippen molar-refractivity contribution in [1.29, 1.82) is 0 Å². The molecule has 7 nitrogen and oxygen atoms in total. The Balaban J connectivity index is 1.57. The van der Waals surface area contributed by atoms with Crippen molar-refractivity contribution in [2.75, 3.05) is 10.6 Å². The molecule has 0 radical (unpaired) electrons. The van der Waals surface area contributed by atoms with E-state index in [0.29, 0.717) is 27.9 Å². The first-order chi connectivity index (χ1) is 13.3. The number of carbonyl (C=O) groups excluding carboxylic acids is 2. The molecule has 1 aromatic carbocycles. The van der Waals surface area contributed by atoms with Crippen LogP contribution in [0.25, 0.3) is 10.2 Å². The Morgan fingerprint density at radius 3 is 2.93 bits per heavy atom. The molecule has 1 aliphatic rings. The van der Waals surface area contributed by atoms with Gasteiger partial charge in [0.1, 0.15) is 10.6 Å². The summed E-state index contributed by atoms with van der Waals surface area (Å²) < 4.78 is 7.52. The van der Waals surface area contributed by atoms with Crippen LogP contribution in [-0.4, -0.2) is 27.7 Å². The Kier molecular flexibility index (Phi) is 4.58. The summed E-state index contributed by atoms with van der Waals surface area (Å²) >= 11 is 1.44. The normalized spacial score (nSPS) is 16.0. The van der Waals surface area contributed by atoms with E-state index in [9.17, 15) is 9.59 Å². The van der Waals surface area contributed by atoms with E-state index in [-0.39, 0.29) is 11.8 Å². The molecule has 28 heavy (non-hydrogen) atoms. The monoisotopic (exact) mass is 398 g/mol. The van der Waals surface area contributed by atoms with Crippen LogP contribution in [0.15, 0.2) is 24.3 Å². The van der Waals surface area contributed by atoms with Crippen molar-refractivity contribution in [3.63, 3.8) is 0 Å². The molecule has 2 aromatic heterocycles. The molecule has 0 saturated heterocycles. The van der Waals surface area contributed by atoms with Gasteiger partial charge in [-0.3, -0.25) is 14.3 Å². The fraction of sp³-hybridized carbons (Fsp3) is 0.350. The molecule has 0 bridgehead atoms. The number of aromatic nitrogens is 2. The van der Waals surface area contributed by atoms with Gasteiger partial charge in [-0.15, -0.1) is 11.3 Å². The highest BCUT2D eigenvalue weighted by molar-refractivity contribution is 7.20. The molecule has 1 aliphatic heterocycles. The van der Waals surface area contributed by atoms with Crippen LogP contribution in [0.2, 0.25) is 0 Å². The number of thiophene rings is 1. The highest BCUT2D eigenvalue weighted by atomic mass is 32.1. The standard InChI is InChI=1S/C20H22N4O3S/c1-10(2)9-24-20-14(11(3)23-24)8-17(28-20)19(26)21-13-5-6-16-15(7-13)22-18(25)12(4)27-16/h5-8,10,12H,9H2,1-4H3,(H,21,26)(H,22,25)/t12-/m0/s1. The van der Waals surface area contributed by atoms with Gasteiger partial charge in [0.2, 0.25) is 0 Å². The molecule has 146 valence electrons. The molecule has 0 saturated carbocycles. The van der Waals surface area contributed by atoms with Crippen LogP contribution in [-0.2, 0) is 11.3 Å². The van der Waals surface area contributed by atoms with Gasteiger partial charge in [0.05, 0.1) is 16.3 Å². The first-order valence-electron chi connectivity index (χ1n) is 9.21. The molecule has 1 atom stereocenters. The number of nitrogens with zero attached hydrogens (tertiary/aromatic N) is 2. The summed E-state index contributed by atoms with van der Waals surface area (Å²) in [6.07, 6.45) is -0.528. The molecule has 0 aliphatic carbocycles. The zero-order chi connectivity index (χ0) is 20.0. The highest BCUT2D eigenvalue weighted by Crippen LogP contribution is 2.33. The Morgan fingerprint density at radius 1 is 1.39 bits per heavy atom. The number of benzene rings is 1. The van der Waals surface area contributed by atoms with Gasteiger partial charge in [-0.2, -0.15) is 5.10 Å². The number of amides is 2. The SMILES string of the molecule is Cc1nn(CC(C)C)c2sc(C(=O)Nc3ccc4c(c3)NC(=O)[C@H](C)O4)cc12. The smallest absolute Gasteiger partial charge is 0.265 e. The summed E-state index contributed by atoms with van der Waals surface area (Å²) in [5, 5.41) is 11.3. The van der Waals surface area contributed by atoms with Crippen LogP contribution in [0.5, 0.6) is 5.75 Å². The molecule has 0 unspecified atom stereocenters. The van der Waals surface area contributed by atoms with Crippen LogP contribution in [0.4, 0.5) is 11.4 Å². The topological polar surface area (TPSA) is 85.3 Å². The molecule has 0 fully saturated rings. The predicted molar refractivity (Wildman–Crippen MR) is 110 cm³/mol. The third-order valence-electron chi connectivity index (χ3n) is 4.54. The Labute approximate surface area is 166 Å². The number of rotatable bonds is 4. The van der Waals surface area contributed by atoms with Gasteiger partial charge < -0.3 is 15.4 Å². The zero-order valence-electron chi connectivity index (χ0n) is 16.2. The fourth-order valence-electron chi connectivity index (χ4n) is 3.17. The van der Waals surface area contributed by atoms with Gasteiger partial charge in [-0.25, -0.2) is 0 Å². The first-order valence-corrected chi connectivity index (χ1v) is 10.0. The molecule has 3 aromatic rings. The summed E-state index contributed by atoms with van der Waals surface area (Å²) in [7, 11) is 0. The summed E-state index contributed by atoms with van der Waals surface area (Å²) in [5.74, 6) is 0.674. The second-order valence-corrected chi connectivity index (χ2v) is 8.44. The van der Waals surface area contributed by atoms with E-state index < -0.39 is 6.10 Å². The molecule has 8 heteroatoms. The molecular weight excluding hydrogens is 376 g/mol. The summed E-state index contributed by atoms with van der Waals surface area (Å²) in [6.45, 7) is 8.75. The minimum Gasteiger partial charge on any atom is -0.479 e. The van der Waals surface area contributed by atoms with E-state index in [1.165, 1.54) is 11.3 Å². The number of ether oxygens (including phenoxy) is 1. The molecule has 2 N–H and O–H groups in total. The van der Waals surface area contributed by atoms with Crippen molar-refractivity contribution in [3.8, 4) is 5.75 Å². The average molecular weight is 398 g/mol. The lowest BCUT2D eigenvalue weighted by atomic mass is 10.2.